The summed E-state index contributed by atoms with van der Waals surface area (Å²) in [5.41, 5.74) is 6.11. The SMILES string of the molecule is CSCC(NC(=O)Cc1ccccc1)C(N)=O. The second-order valence-electron chi connectivity index (χ2n) is 3.64. The molecule has 5 heteroatoms. The van der Waals surface area contributed by atoms with Crippen LogP contribution in [0.4, 0.5) is 0 Å². The van der Waals surface area contributed by atoms with Crippen molar-refractivity contribution in [2.75, 3.05) is 12.0 Å². The summed E-state index contributed by atoms with van der Waals surface area (Å²) in [5.74, 6) is -0.189. The molecule has 0 aromatic heterocycles. The molecular formula is C12H16N2O2S. The number of primary amides is 1. The van der Waals surface area contributed by atoms with Gasteiger partial charge in [-0.15, -0.1) is 0 Å². The van der Waals surface area contributed by atoms with Gasteiger partial charge in [0.25, 0.3) is 0 Å². The van der Waals surface area contributed by atoms with Crippen molar-refractivity contribution >= 4 is 23.6 Å². The Hall–Kier alpha value is -1.49. The topological polar surface area (TPSA) is 72.2 Å². The summed E-state index contributed by atoms with van der Waals surface area (Å²) in [5, 5.41) is 2.63. The van der Waals surface area contributed by atoms with Gasteiger partial charge in [0, 0.05) is 5.75 Å². The zero-order valence-corrected chi connectivity index (χ0v) is 10.5. The van der Waals surface area contributed by atoms with Gasteiger partial charge in [-0.2, -0.15) is 11.8 Å². The number of rotatable bonds is 6. The normalized spacial score (nSPS) is 11.8. The zero-order valence-electron chi connectivity index (χ0n) is 9.68. The van der Waals surface area contributed by atoms with Gasteiger partial charge in [0.2, 0.25) is 11.8 Å². The van der Waals surface area contributed by atoms with Crippen molar-refractivity contribution in [2.24, 2.45) is 5.73 Å². The molecule has 2 amide bonds. The predicted octanol–water partition coefficient (Wildman–Crippen LogP) is 0.562. The number of nitrogens with two attached hydrogens (primary N) is 1. The summed E-state index contributed by atoms with van der Waals surface area (Å²) >= 11 is 1.47. The molecule has 17 heavy (non-hydrogen) atoms. The quantitative estimate of drug-likeness (QED) is 0.777. The van der Waals surface area contributed by atoms with Crippen LogP contribution in [-0.2, 0) is 16.0 Å². The molecule has 1 rings (SSSR count). The van der Waals surface area contributed by atoms with E-state index in [0.717, 1.165) is 5.56 Å². The number of amides is 2. The first-order chi connectivity index (χ1) is 8.13. The van der Waals surface area contributed by atoms with E-state index >= 15 is 0 Å². The van der Waals surface area contributed by atoms with Crippen LogP contribution in [0, 0.1) is 0 Å². The molecule has 3 N–H and O–H groups in total. The molecule has 1 atom stereocenters. The van der Waals surface area contributed by atoms with Gasteiger partial charge in [0.15, 0.2) is 0 Å². The van der Waals surface area contributed by atoms with Crippen LogP contribution in [0.1, 0.15) is 5.56 Å². The number of benzene rings is 1. The summed E-state index contributed by atoms with van der Waals surface area (Å²) in [6.45, 7) is 0. The largest absolute Gasteiger partial charge is 0.368 e. The van der Waals surface area contributed by atoms with E-state index in [-0.39, 0.29) is 12.3 Å². The predicted molar refractivity (Wildman–Crippen MR) is 69.7 cm³/mol. The molecule has 0 aliphatic rings. The first-order valence-corrected chi connectivity index (χ1v) is 6.64. The summed E-state index contributed by atoms with van der Waals surface area (Å²) in [6, 6.07) is 8.77. The van der Waals surface area contributed by atoms with Gasteiger partial charge in [0.05, 0.1) is 6.42 Å². The van der Waals surface area contributed by atoms with Crippen molar-refractivity contribution < 1.29 is 9.59 Å². The number of carbonyl (C=O) groups excluding carboxylic acids is 2. The summed E-state index contributed by atoms with van der Waals surface area (Å²) in [4.78, 5) is 22.7. The van der Waals surface area contributed by atoms with Crippen LogP contribution in [0.5, 0.6) is 0 Å². The minimum Gasteiger partial charge on any atom is -0.368 e. The first kappa shape index (κ1) is 13.6. The molecule has 0 fully saturated rings. The van der Waals surface area contributed by atoms with E-state index in [1.165, 1.54) is 11.8 Å². The minimum atomic E-state index is -0.596. The van der Waals surface area contributed by atoms with Crippen LogP contribution in [0.25, 0.3) is 0 Å². The van der Waals surface area contributed by atoms with Crippen molar-refractivity contribution in [3.05, 3.63) is 35.9 Å². The third-order valence-electron chi connectivity index (χ3n) is 2.22. The molecule has 4 nitrogen and oxygen atoms in total. The average Bonchev–Trinajstić information content (AvgIpc) is 2.29. The van der Waals surface area contributed by atoms with Crippen molar-refractivity contribution in [1.82, 2.24) is 5.32 Å². The molecule has 0 heterocycles. The van der Waals surface area contributed by atoms with Gasteiger partial charge < -0.3 is 11.1 Å². The number of thioether (sulfide) groups is 1. The van der Waals surface area contributed by atoms with Crippen LogP contribution in [0.2, 0.25) is 0 Å². The van der Waals surface area contributed by atoms with Gasteiger partial charge in [-0.25, -0.2) is 0 Å². The second kappa shape index (κ2) is 6.96. The summed E-state index contributed by atoms with van der Waals surface area (Å²) < 4.78 is 0. The summed E-state index contributed by atoms with van der Waals surface area (Å²) in [7, 11) is 0. The van der Waals surface area contributed by atoms with Crippen molar-refractivity contribution in [1.29, 1.82) is 0 Å². The lowest BCUT2D eigenvalue weighted by Gasteiger charge is -2.14. The monoisotopic (exact) mass is 252 g/mol. The number of nitrogens with one attached hydrogen (secondary N) is 1. The van der Waals surface area contributed by atoms with Gasteiger partial charge in [-0.05, 0) is 11.8 Å². The average molecular weight is 252 g/mol. The van der Waals surface area contributed by atoms with Gasteiger partial charge in [0.1, 0.15) is 6.04 Å². The smallest absolute Gasteiger partial charge is 0.240 e. The molecule has 1 aromatic rings. The standard InChI is InChI=1S/C12H16N2O2S/c1-17-8-10(12(13)16)14-11(15)7-9-5-3-2-4-6-9/h2-6,10H,7-8H2,1H3,(H2,13,16)(H,14,15). The van der Waals surface area contributed by atoms with Crippen LogP contribution < -0.4 is 11.1 Å². The fraction of sp³-hybridized carbons (Fsp3) is 0.333. The second-order valence-corrected chi connectivity index (χ2v) is 4.55. The van der Waals surface area contributed by atoms with E-state index in [1.807, 2.05) is 36.6 Å². The van der Waals surface area contributed by atoms with Crippen molar-refractivity contribution in [3.8, 4) is 0 Å². The Kier molecular flexibility index (Phi) is 5.56. The van der Waals surface area contributed by atoms with E-state index in [1.54, 1.807) is 0 Å². The lowest BCUT2D eigenvalue weighted by atomic mass is 10.1. The minimum absolute atomic E-state index is 0.186. The Labute approximate surface area is 105 Å². The number of carbonyl (C=O) groups is 2. The highest BCUT2D eigenvalue weighted by atomic mass is 32.2. The zero-order chi connectivity index (χ0) is 12.7. The van der Waals surface area contributed by atoms with E-state index < -0.39 is 11.9 Å². The summed E-state index contributed by atoms with van der Waals surface area (Å²) in [6.07, 6.45) is 2.12. The molecule has 1 aromatic carbocycles. The van der Waals surface area contributed by atoms with Crippen LogP contribution >= 0.6 is 11.8 Å². The van der Waals surface area contributed by atoms with E-state index in [9.17, 15) is 9.59 Å². The lowest BCUT2D eigenvalue weighted by molar-refractivity contribution is -0.126. The number of hydrogen-bond acceptors (Lipinski definition) is 3. The fourth-order valence-corrected chi connectivity index (χ4v) is 1.97. The molecule has 1 unspecified atom stereocenters. The molecule has 0 aliphatic heterocycles. The maximum absolute atomic E-state index is 11.7. The fourth-order valence-electron chi connectivity index (χ4n) is 1.39. The molecule has 92 valence electrons. The van der Waals surface area contributed by atoms with E-state index in [0.29, 0.717) is 5.75 Å². The Morgan fingerprint density at radius 2 is 2.00 bits per heavy atom. The van der Waals surface area contributed by atoms with Crippen LogP contribution in [-0.4, -0.2) is 29.9 Å². The lowest BCUT2D eigenvalue weighted by Crippen LogP contribution is -2.46. The highest BCUT2D eigenvalue weighted by Crippen LogP contribution is 2.01. The molecule has 0 spiro atoms. The van der Waals surface area contributed by atoms with Gasteiger partial charge >= 0.3 is 0 Å². The third kappa shape index (κ3) is 4.91. The third-order valence-corrected chi connectivity index (χ3v) is 2.89. The van der Waals surface area contributed by atoms with Crippen molar-refractivity contribution in [3.63, 3.8) is 0 Å². The molecule has 0 saturated heterocycles. The van der Waals surface area contributed by atoms with Gasteiger partial charge in [-0.3, -0.25) is 9.59 Å². The Balaban J connectivity index is 2.51. The Morgan fingerprint density at radius 3 is 2.53 bits per heavy atom. The van der Waals surface area contributed by atoms with Gasteiger partial charge in [-0.1, -0.05) is 30.3 Å². The van der Waals surface area contributed by atoms with Crippen molar-refractivity contribution in [2.45, 2.75) is 12.5 Å². The van der Waals surface area contributed by atoms with E-state index in [2.05, 4.69) is 5.32 Å². The number of hydrogen-bond donors (Lipinski definition) is 2. The van der Waals surface area contributed by atoms with Crippen LogP contribution in [0.3, 0.4) is 0 Å². The maximum Gasteiger partial charge on any atom is 0.240 e. The molecule has 0 radical (unpaired) electrons. The van der Waals surface area contributed by atoms with E-state index in [4.69, 9.17) is 5.73 Å². The first-order valence-electron chi connectivity index (χ1n) is 5.25. The highest BCUT2D eigenvalue weighted by Gasteiger charge is 2.17. The molecule has 0 aliphatic carbocycles. The molecular weight excluding hydrogens is 236 g/mol. The Bertz CT molecular complexity index is 381. The maximum atomic E-state index is 11.7. The highest BCUT2D eigenvalue weighted by molar-refractivity contribution is 7.98. The molecule has 0 saturated carbocycles. The van der Waals surface area contributed by atoms with Crippen LogP contribution in [0.15, 0.2) is 30.3 Å². The molecule has 0 bridgehead atoms. The Morgan fingerprint density at radius 1 is 1.35 bits per heavy atom.